The van der Waals surface area contributed by atoms with Gasteiger partial charge < -0.3 is 15.5 Å². The fourth-order valence-electron chi connectivity index (χ4n) is 5.37. The summed E-state index contributed by atoms with van der Waals surface area (Å²) in [5.74, 6) is 1.66. The molecule has 1 saturated carbocycles. The van der Waals surface area contributed by atoms with Crippen molar-refractivity contribution in [2.24, 2.45) is 11.8 Å². The van der Waals surface area contributed by atoms with E-state index in [-0.39, 0.29) is 30.3 Å². The van der Waals surface area contributed by atoms with Gasteiger partial charge in [0.2, 0.25) is 11.8 Å². The molecule has 3 fully saturated rings. The van der Waals surface area contributed by atoms with Crippen LogP contribution in [-0.4, -0.2) is 48.9 Å². The van der Waals surface area contributed by atoms with Crippen LogP contribution in [0.1, 0.15) is 62.8 Å². The number of halogens is 1. The minimum atomic E-state index is -0.0175. The van der Waals surface area contributed by atoms with E-state index < -0.39 is 0 Å². The van der Waals surface area contributed by atoms with Crippen molar-refractivity contribution in [3.63, 3.8) is 0 Å². The summed E-state index contributed by atoms with van der Waals surface area (Å²) in [6.07, 6.45) is 8.40. The fraction of sp³-hybridized carbons (Fsp3) is 0.667. The smallest absolute Gasteiger partial charge is 0.237 e. The summed E-state index contributed by atoms with van der Waals surface area (Å²) in [7, 11) is 0. The third kappa shape index (κ3) is 5.76. The van der Waals surface area contributed by atoms with Gasteiger partial charge in [-0.1, -0.05) is 30.3 Å². The average Bonchev–Trinajstić information content (AvgIpc) is 3.33. The minimum Gasteiger partial charge on any atom is -0.354 e. The number of piperidine rings is 1. The highest BCUT2D eigenvalue weighted by Gasteiger charge is 2.32. The number of hydrogen-bond acceptors (Lipinski definition) is 3. The van der Waals surface area contributed by atoms with Gasteiger partial charge in [-0.25, -0.2) is 0 Å². The first kappa shape index (κ1) is 23.1. The van der Waals surface area contributed by atoms with E-state index in [4.69, 9.17) is 0 Å². The van der Waals surface area contributed by atoms with E-state index in [1.165, 1.54) is 5.56 Å². The average molecular weight is 434 g/mol. The summed E-state index contributed by atoms with van der Waals surface area (Å²) in [4.78, 5) is 27.4. The van der Waals surface area contributed by atoms with Gasteiger partial charge in [-0.3, -0.25) is 9.59 Å². The molecular weight excluding hydrogens is 398 g/mol. The quantitative estimate of drug-likeness (QED) is 0.747. The normalized spacial score (nSPS) is 29.1. The van der Waals surface area contributed by atoms with Crippen LogP contribution in [0.5, 0.6) is 0 Å². The van der Waals surface area contributed by atoms with Gasteiger partial charge in [0.25, 0.3) is 0 Å². The lowest BCUT2D eigenvalue weighted by atomic mass is 9.78. The lowest BCUT2D eigenvalue weighted by Gasteiger charge is -2.37. The first-order chi connectivity index (χ1) is 14.2. The standard InChI is InChI=1S/C24H35N3O2.ClH/c28-23(22-9-4-14-25-22)26-16-18-6-5-15-27(17-18)24(29)21-12-10-20(11-13-21)19-7-2-1-3-8-19;/h1-3,7-8,18,20-22,25H,4-6,9-17H2,(H,26,28);1H. The van der Waals surface area contributed by atoms with E-state index in [1.54, 1.807) is 0 Å². The number of nitrogens with zero attached hydrogens (tertiary/aromatic N) is 1. The van der Waals surface area contributed by atoms with Crippen molar-refractivity contribution in [2.45, 2.75) is 63.3 Å². The van der Waals surface area contributed by atoms with Crippen LogP contribution in [0, 0.1) is 11.8 Å². The van der Waals surface area contributed by atoms with Crippen molar-refractivity contribution < 1.29 is 9.59 Å². The van der Waals surface area contributed by atoms with Gasteiger partial charge >= 0.3 is 0 Å². The van der Waals surface area contributed by atoms with Crippen LogP contribution in [0.4, 0.5) is 0 Å². The number of carbonyl (C=O) groups excluding carboxylic acids is 2. The largest absolute Gasteiger partial charge is 0.354 e. The number of hydrogen-bond donors (Lipinski definition) is 2. The Kier molecular flexibility index (Phi) is 8.58. The molecule has 0 bridgehead atoms. The van der Waals surface area contributed by atoms with Crippen LogP contribution in [0.3, 0.4) is 0 Å². The zero-order chi connectivity index (χ0) is 20.1. The van der Waals surface area contributed by atoms with Crippen LogP contribution in [0.2, 0.25) is 0 Å². The molecule has 2 saturated heterocycles. The Labute approximate surface area is 186 Å². The third-order valence-corrected chi connectivity index (χ3v) is 7.12. The van der Waals surface area contributed by atoms with Gasteiger partial charge in [-0.05, 0) is 75.3 Å². The Balaban J connectivity index is 0.00000256. The Morgan fingerprint density at radius 1 is 1.00 bits per heavy atom. The molecule has 4 rings (SSSR count). The molecule has 0 radical (unpaired) electrons. The van der Waals surface area contributed by atoms with E-state index in [2.05, 4.69) is 45.9 Å². The van der Waals surface area contributed by atoms with Crippen LogP contribution < -0.4 is 10.6 Å². The van der Waals surface area contributed by atoms with Gasteiger partial charge in [-0.15, -0.1) is 12.4 Å². The monoisotopic (exact) mass is 433 g/mol. The Hall–Kier alpha value is -1.59. The molecule has 2 aliphatic heterocycles. The van der Waals surface area contributed by atoms with Gasteiger partial charge in [-0.2, -0.15) is 0 Å². The molecule has 1 aliphatic carbocycles. The molecule has 1 aromatic carbocycles. The van der Waals surface area contributed by atoms with Gasteiger partial charge in [0, 0.05) is 25.6 Å². The summed E-state index contributed by atoms with van der Waals surface area (Å²) >= 11 is 0. The molecular formula is C24H36ClN3O2. The number of nitrogens with one attached hydrogen (secondary N) is 2. The molecule has 30 heavy (non-hydrogen) atoms. The highest BCUT2D eigenvalue weighted by atomic mass is 35.5. The topological polar surface area (TPSA) is 61.4 Å². The molecule has 0 aromatic heterocycles. The SMILES string of the molecule is Cl.O=C(NCC1CCCN(C(=O)C2CCC(c3ccccc3)CC2)C1)C1CCCN1. The second-order valence-corrected chi connectivity index (χ2v) is 9.15. The number of benzene rings is 1. The van der Waals surface area contributed by atoms with Crippen LogP contribution in [0.15, 0.2) is 30.3 Å². The molecule has 2 unspecified atom stereocenters. The van der Waals surface area contributed by atoms with Crippen molar-refractivity contribution in [2.75, 3.05) is 26.2 Å². The third-order valence-electron chi connectivity index (χ3n) is 7.12. The predicted octanol–water partition coefficient (Wildman–Crippen LogP) is 3.49. The van der Waals surface area contributed by atoms with Crippen LogP contribution >= 0.6 is 12.4 Å². The summed E-state index contributed by atoms with van der Waals surface area (Å²) in [6, 6.07) is 10.7. The molecule has 0 spiro atoms. The van der Waals surface area contributed by atoms with E-state index >= 15 is 0 Å². The minimum absolute atomic E-state index is 0. The molecule has 2 N–H and O–H groups in total. The molecule has 2 heterocycles. The van der Waals surface area contributed by atoms with E-state index in [0.717, 1.165) is 71.0 Å². The van der Waals surface area contributed by atoms with Crippen molar-refractivity contribution in [3.8, 4) is 0 Å². The first-order valence-electron chi connectivity index (χ1n) is 11.6. The molecule has 3 aliphatic rings. The number of amides is 2. The van der Waals surface area contributed by atoms with Gasteiger partial charge in [0.1, 0.15) is 0 Å². The molecule has 1 aromatic rings. The molecule has 5 nitrogen and oxygen atoms in total. The summed E-state index contributed by atoms with van der Waals surface area (Å²) in [5, 5.41) is 6.37. The maximum atomic E-state index is 13.1. The lowest BCUT2D eigenvalue weighted by Crippen LogP contribution is -2.48. The number of likely N-dealkylation sites (tertiary alicyclic amines) is 1. The Morgan fingerprint density at radius 2 is 1.77 bits per heavy atom. The fourth-order valence-corrected chi connectivity index (χ4v) is 5.37. The maximum absolute atomic E-state index is 13.1. The van der Waals surface area contributed by atoms with E-state index in [1.807, 2.05) is 0 Å². The number of rotatable bonds is 5. The molecule has 2 amide bonds. The summed E-state index contributed by atoms with van der Waals surface area (Å²) in [5.41, 5.74) is 1.42. The van der Waals surface area contributed by atoms with E-state index in [9.17, 15) is 9.59 Å². The van der Waals surface area contributed by atoms with E-state index in [0.29, 0.717) is 24.3 Å². The molecule has 2 atom stereocenters. The predicted molar refractivity (Wildman–Crippen MR) is 122 cm³/mol. The lowest BCUT2D eigenvalue weighted by molar-refractivity contribution is -0.138. The Bertz CT molecular complexity index is 685. The van der Waals surface area contributed by atoms with Crippen LogP contribution in [-0.2, 0) is 9.59 Å². The van der Waals surface area contributed by atoms with Crippen molar-refractivity contribution in [1.82, 2.24) is 15.5 Å². The zero-order valence-corrected chi connectivity index (χ0v) is 18.7. The molecule has 6 heteroatoms. The molecule has 166 valence electrons. The second kappa shape index (κ2) is 11.1. The van der Waals surface area contributed by atoms with Gasteiger partial charge in [0.15, 0.2) is 0 Å². The second-order valence-electron chi connectivity index (χ2n) is 9.15. The highest BCUT2D eigenvalue weighted by molar-refractivity contribution is 5.85. The maximum Gasteiger partial charge on any atom is 0.237 e. The highest BCUT2D eigenvalue weighted by Crippen LogP contribution is 2.36. The summed E-state index contributed by atoms with van der Waals surface area (Å²) in [6.45, 7) is 3.32. The summed E-state index contributed by atoms with van der Waals surface area (Å²) < 4.78 is 0. The first-order valence-corrected chi connectivity index (χ1v) is 11.6. The Morgan fingerprint density at radius 3 is 2.47 bits per heavy atom. The van der Waals surface area contributed by atoms with Gasteiger partial charge in [0.05, 0.1) is 6.04 Å². The van der Waals surface area contributed by atoms with Crippen LogP contribution in [0.25, 0.3) is 0 Å². The number of carbonyl (C=O) groups is 2. The van der Waals surface area contributed by atoms with Crippen molar-refractivity contribution >= 4 is 24.2 Å². The van der Waals surface area contributed by atoms with Crippen molar-refractivity contribution in [1.29, 1.82) is 0 Å². The van der Waals surface area contributed by atoms with Crippen molar-refractivity contribution in [3.05, 3.63) is 35.9 Å². The zero-order valence-electron chi connectivity index (χ0n) is 17.9.